The molecule has 12 heteroatoms. The van der Waals surface area contributed by atoms with Crippen molar-refractivity contribution in [2.75, 3.05) is 44.0 Å². The van der Waals surface area contributed by atoms with Crippen LogP contribution in [0.2, 0.25) is 0 Å². The summed E-state index contributed by atoms with van der Waals surface area (Å²) in [6, 6.07) is 21.6. The average Bonchev–Trinajstić information content (AvgIpc) is 3.11. The van der Waals surface area contributed by atoms with Crippen molar-refractivity contribution in [3.8, 4) is 5.75 Å². The number of amides is 4. The number of nitrogens with one attached hydrogen (secondary N) is 2. The fourth-order valence-electron chi connectivity index (χ4n) is 5.81. The number of ether oxygens (including phenoxy) is 4. The van der Waals surface area contributed by atoms with Gasteiger partial charge in [-0.2, -0.15) is 0 Å². The number of urea groups is 1. The summed E-state index contributed by atoms with van der Waals surface area (Å²) < 4.78 is 24.1. The number of hydrogen-bond acceptors (Lipinski definition) is 8. The molecule has 1 aliphatic heterocycles. The van der Waals surface area contributed by atoms with Gasteiger partial charge in [0.15, 0.2) is 0 Å². The Morgan fingerprint density at radius 3 is 2.28 bits per heavy atom. The van der Waals surface area contributed by atoms with E-state index in [4.69, 9.17) is 18.9 Å². The molecule has 4 rings (SSSR count). The van der Waals surface area contributed by atoms with Crippen molar-refractivity contribution in [3.05, 3.63) is 90.0 Å². The Hall–Kier alpha value is -5.10. The Kier molecular flexibility index (Phi) is 14.7. The molecule has 0 saturated carbocycles. The third-order valence-electron chi connectivity index (χ3n) is 8.70. The van der Waals surface area contributed by atoms with E-state index in [1.807, 2.05) is 65.8 Å². The fourth-order valence-corrected chi connectivity index (χ4v) is 5.81. The predicted molar refractivity (Wildman–Crippen MR) is 204 cm³/mol. The molecular formula is C41H54N4O8. The second-order valence-corrected chi connectivity index (χ2v) is 14.6. The van der Waals surface area contributed by atoms with Gasteiger partial charge >= 0.3 is 18.1 Å². The SMILES string of the molecule is C[C@@H]1CN([C@@H](C)COC(=O)c2ccccc2)C(=O)c2cc(NC(=O)Nc3ccccc3)ccc2O[C@@H](C)CCCCO[C@H]1CN(C)C(=O)OC(C)(C)C. The van der Waals surface area contributed by atoms with Crippen molar-refractivity contribution >= 4 is 35.4 Å². The highest BCUT2D eigenvalue weighted by atomic mass is 16.6. The van der Waals surface area contributed by atoms with Gasteiger partial charge in [-0.3, -0.25) is 4.79 Å². The summed E-state index contributed by atoms with van der Waals surface area (Å²) >= 11 is 0. The van der Waals surface area contributed by atoms with Gasteiger partial charge in [-0.15, -0.1) is 0 Å². The van der Waals surface area contributed by atoms with Crippen LogP contribution in [0.15, 0.2) is 78.9 Å². The van der Waals surface area contributed by atoms with E-state index >= 15 is 0 Å². The lowest BCUT2D eigenvalue weighted by Gasteiger charge is -2.36. The normalized spacial score (nSPS) is 19.0. The first-order valence-electron chi connectivity index (χ1n) is 18.2. The molecular weight excluding hydrogens is 676 g/mol. The molecule has 4 atom stereocenters. The van der Waals surface area contributed by atoms with E-state index < -0.39 is 35.8 Å². The van der Waals surface area contributed by atoms with Crippen molar-refractivity contribution in [2.45, 2.75) is 84.7 Å². The van der Waals surface area contributed by atoms with Crippen molar-refractivity contribution in [1.82, 2.24) is 9.80 Å². The first-order valence-corrected chi connectivity index (χ1v) is 18.2. The van der Waals surface area contributed by atoms with Crippen molar-refractivity contribution in [3.63, 3.8) is 0 Å². The number of rotatable bonds is 8. The number of carbonyl (C=O) groups excluding carboxylic acids is 4. The zero-order chi connectivity index (χ0) is 38.5. The average molecular weight is 731 g/mol. The topological polar surface area (TPSA) is 136 Å². The number of para-hydroxylation sites is 1. The van der Waals surface area contributed by atoms with Gasteiger partial charge in [-0.25, -0.2) is 14.4 Å². The number of anilines is 2. The molecule has 2 N–H and O–H groups in total. The molecule has 1 aliphatic rings. The molecule has 0 bridgehead atoms. The van der Waals surface area contributed by atoms with Gasteiger partial charge in [0.2, 0.25) is 0 Å². The van der Waals surface area contributed by atoms with Gasteiger partial charge in [-0.05, 0) is 96.3 Å². The minimum atomic E-state index is -0.668. The number of benzene rings is 3. The van der Waals surface area contributed by atoms with Crippen LogP contribution in [0.25, 0.3) is 0 Å². The number of esters is 1. The first-order chi connectivity index (χ1) is 25.2. The van der Waals surface area contributed by atoms with Crippen LogP contribution in [-0.4, -0.2) is 91.0 Å². The van der Waals surface area contributed by atoms with E-state index in [-0.39, 0.29) is 43.2 Å². The minimum absolute atomic E-state index is 0.0838. The third kappa shape index (κ3) is 12.8. The molecule has 3 aromatic carbocycles. The lowest BCUT2D eigenvalue weighted by molar-refractivity contribution is -0.0258. The number of likely N-dealkylation sites (N-methyl/N-ethyl adjacent to an activating group) is 1. The second-order valence-electron chi connectivity index (χ2n) is 14.6. The van der Waals surface area contributed by atoms with Crippen molar-refractivity contribution in [1.29, 1.82) is 0 Å². The van der Waals surface area contributed by atoms with Gasteiger partial charge in [0.1, 0.15) is 18.0 Å². The summed E-state index contributed by atoms with van der Waals surface area (Å²) in [6.07, 6.45) is 1.15. The van der Waals surface area contributed by atoms with Gasteiger partial charge in [0, 0.05) is 37.5 Å². The Bertz CT molecular complexity index is 1660. The molecule has 0 aliphatic carbocycles. The highest BCUT2D eigenvalue weighted by molar-refractivity contribution is 6.02. The molecule has 1 heterocycles. The van der Waals surface area contributed by atoms with Crippen LogP contribution in [0, 0.1) is 5.92 Å². The number of nitrogens with zero attached hydrogens (tertiary/aromatic N) is 2. The third-order valence-corrected chi connectivity index (χ3v) is 8.70. The Labute approximate surface area is 313 Å². The largest absolute Gasteiger partial charge is 0.490 e. The molecule has 3 aromatic rings. The summed E-state index contributed by atoms with van der Waals surface area (Å²) in [5.41, 5.74) is 0.974. The van der Waals surface area contributed by atoms with Gasteiger partial charge < -0.3 is 39.4 Å². The standard InChI is InChI=1S/C41H54N4O8/c1-28-25-45(29(2)27-51-38(47)31-17-10-8-11-18-31)37(46)34-24-33(43-39(48)42-32-19-12-9-13-20-32)21-22-35(34)52-30(3)16-14-15-23-50-36(28)26-44(7)40(49)53-41(4,5)6/h8-13,17-22,24,28-30,36H,14-16,23,25-27H2,1-7H3,(H2,42,43,48)/t28-,29+,30+,36+/m1/s1. The van der Waals surface area contributed by atoms with E-state index in [0.717, 1.165) is 12.8 Å². The Balaban J connectivity index is 1.67. The molecule has 0 spiro atoms. The molecule has 0 saturated heterocycles. The monoisotopic (exact) mass is 730 g/mol. The molecule has 0 aromatic heterocycles. The fraction of sp³-hybridized carbons (Fsp3) is 0.463. The lowest BCUT2D eigenvalue weighted by atomic mass is 10.0. The van der Waals surface area contributed by atoms with E-state index in [1.54, 1.807) is 66.5 Å². The molecule has 0 radical (unpaired) electrons. The van der Waals surface area contributed by atoms with Crippen LogP contribution >= 0.6 is 0 Å². The molecule has 4 amide bonds. The molecule has 286 valence electrons. The van der Waals surface area contributed by atoms with Gasteiger partial charge in [0.25, 0.3) is 5.91 Å². The molecule has 53 heavy (non-hydrogen) atoms. The quantitative estimate of drug-likeness (QED) is 0.224. The van der Waals surface area contributed by atoms with Gasteiger partial charge in [-0.1, -0.05) is 43.3 Å². The number of carbonyl (C=O) groups is 4. The summed E-state index contributed by atoms with van der Waals surface area (Å²) in [7, 11) is 1.67. The van der Waals surface area contributed by atoms with E-state index in [0.29, 0.717) is 35.7 Å². The summed E-state index contributed by atoms with van der Waals surface area (Å²) in [6.45, 7) is 12.0. The van der Waals surface area contributed by atoms with Crippen LogP contribution in [-0.2, 0) is 14.2 Å². The van der Waals surface area contributed by atoms with E-state index in [2.05, 4.69) is 10.6 Å². The lowest BCUT2D eigenvalue weighted by Crippen LogP contribution is -2.48. The number of hydrogen-bond donors (Lipinski definition) is 2. The van der Waals surface area contributed by atoms with Crippen LogP contribution < -0.4 is 15.4 Å². The van der Waals surface area contributed by atoms with Gasteiger partial charge in [0.05, 0.1) is 35.9 Å². The van der Waals surface area contributed by atoms with Crippen LogP contribution in [0.4, 0.5) is 21.0 Å². The highest BCUT2D eigenvalue weighted by Crippen LogP contribution is 2.29. The maximum atomic E-state index is 14.8. The Morgan fingerprint density at radius 1 is 0.943 bits per heavy atom. The zero-order valence-corrected chi connectivity index (χ0v) is 31.9. The van der Waals surface area contributed by atoms with Crippen molar-refractivity contribution < 1.29 is 38.1 Å². The smallest absolute Gasteiger partial charge is 0.410 e. The second kappa shape index (κ2) is 19.1. The highest BCUT2D eigenvalue weighted by Gasteiger charge is 2.32. The summed E-state index contributed by atoms with van der Waals surface area (Å²) in [4.78, 5) is 56.8. The van der Waals surface area contributed by atoms with Crippen LogP contribution in [0.5, 0.6) is 5.75 Å². The zero-order valence-electron chi connectivity index (χ0n) is 31.9. The van der Waals surface area contributed by atoms with E-state index in [1.165, 1.54) is 4.90 Å². The van der Waals surface area contributed by atoms with Crippen molar-refractivity contribution in [2.24, 2.45) is 5.92 Å². The van der Waals surface area contributed by atoms with E-state index in [9.17, 15) is 19.2 Å². The van der Waals surface area contributed by atoms with Crippen LogP contribution in [0.1, 0.15) is 81.5 Å². The maximum absolute atomic E-state index is 14.8. The number of fused-ring (bicyclic) bond motifs is 1. The molecule has 12 nitrogen and oxygen atoms in total. The summed E-state index contributed by atoms with van der Waals surface area (Å²) in [5.74, 6) is -0.795. The summed E-state index contributed by atoms with van der Waals surface area (Å²) in [5, 5.41) is 5.62. The Morgan fingerprint density at radius 2 is 1.60 bits per heavy atom. The molecule has 0 fully saturated rings. The minimum Gasteiger partial charge on any atom is -0.490 e. The van der Waals surface area contributed by atoms with Crippen LogP contribution in [0.3, 0.4) is 0 Å². The molecule has 0 unspecified atom stereocenters. The first kappa shape index (κ1) is 40.7. The predicted octanol–water partition coefficient (Wildman–Crippen LogP) is 7.86. The maximum Gasteiger partial charge on any atom is 0.410 e.